The molecule has 3 aromatic rings. The van der Waals surface area contributed by atoms with Gasteiger partial charge in [-0.25, -0.2) is 9.97 Å². The van der Waals surface area contributed by atoms with E-state index in [4.69, 9.17) is 16.0 Å². The largest absolute Gasteiger partial charge is 0.465 e. The van der Waals surface area contributed by atoms with Gasteiger partial charge in [-0.05, 0) is 43.1 Å². The molecule has 104 valence electrons. The zero-order valence-electron chi connectivity index (χ0n) is 11.2. The average molecular weight is 308 g/mol. The molecule has 6 heteroatoms. The molecule has 0 aromatic carbocycles. The molecule has 3 rings (SSSR count). The van der Waals surface area contributed by atoms with Gasteiger partial charge in [0.1, 0.15) is 22.2 Å². The summed E-state index contributed by atoms with van der Waals surface area (Å²) in [5, 5.41) is 4.55. The molecule has 0 unspecified atom stereocenters. The predicted octanol–water partition coefficient (Wildman–Crippen LogP) is 4.42. The van der Waals surface area contributed by atoms with Crippen LogP contribution in [0.3, 0.4) is 0 Å². The van der Waals surface area contributed by atoms with Crippen LogP contribution in [0.2, 0.25) is 5.28 Å². The molecule has 20 heavy (non-hydrogen) atoms. The van der Waals surface area contributed by atoms with Crippen molar-refractivity contribution in [3.8, 4) is 0 Å². The lowest BCUT2D eigenvalue weighted by Crippen LogP contribution is -2.01. The number of anilines is 1. The van der Waals surface area contributed by atoms with E-state index < -0.39 is 0 Å². The number of rotatable bonds is 4. The highest BCUT2D eigenvalue weighted by atomic mass is 35.5. The Bertz CT molecular complexity index is 750. The Balaban J connectivity index is 1.91. The van der Waals surface area contributed by atoms with Gasteiger partial charge >= 0.3 is 0 Å². The number of hydrogen-bond acceptors (Lipinski definition) is 5. The molecule has 0 aliphatic heterocycles. The quantitative estimate of drug-likeness (QED) is 0.725. The second-order valence-corrected chi connectivity index (χ2v) is 5.95. The standard InChI is InChI=1S/C14H14ClN3OS/c1-3-10-6-11-12(17-14(15)18-13(11)20-10)16-7-9-5-4-8(2)19-9/h4-6H,3,7H2,1-2H3,(H,16,17,18). The van der Waals surface area contributed by atoms with E-state index in [1.165, 1.54) is 4.88 Å². The van der Waals surface area contributed by atoms with Crippen molar-refractivity contribution in [3.63, 3.8) is 0 Å². The minimum atomic E-state index is 0.264. The fourth-order valence-corrected chi connectivity index (χ4v) is 3.19. The number of halogens is 1. The summed E-state index contributed by atoms with van der Waals surface area (Å²) in [7, 11) is 0. The molecule has 3 aromatic heterocycles. The Labute approximate surface area is 125 Å². The van der Waals surface area contributed by atoms with E-state index in [9.17, 15) is 0 Å². The first-order valence-electron chi connectivity index (χ1n) is 6.41. The first-order valence-corrected chi connectivity index (χ1v) is 7.60. The van der Waals surface area contributed by atoms with Crippen molar-refractivity contribution in [3.05, 3.63) is 39.9 Å². The highest BCUT2D eigenvalue weighted by Gasteiger charge is 2.11. The molecule has 4 nitrogen and oxygen atoms in total. The van der Waals surface area contributed by atoms with Crippen molar-refractivity contribution < 1.29 is 4.42 Å². The number of thiophene rings is 1. The Morgan fingerprint density at radius 2 is 2.20 bits per heavy atom. The Morgan fingerprint density at radius 1 is 1.35 bits per heavy atom. The number of aromatic nitrogens is 2. The van der Waals surface area contributed by atoms with Crippen LogP contribution in [0.25, 0.3) is 10.2 Å². The number of furan rings is 1. The van der Waals surface area contributed by atoms with E-state index in [2.05, 4.69) is 28.3 Å². The molecule has 0 saturated carbocycles. The minimum Gasteiger partial charge on any atom is -0.465 e. The van der Waals surface area contributed by atoms with Gasteiger partial charge in [0.05, 0.1) is 11.9 Å². The molecule has 0 atom stereocenters. The van der Waals surface area contributed by atoms with Gasteiger partial charge in [-0.3, -0.25) is 0 Å². The highest BCUT2D eigenvalue weighted by molar-refractivity contribution is 7.18. The van der Waals surface area contributed by atoms with Gasteiger partial charge in [-0.1, -0.05) is 6.92 Å². The summed E-state index contributed by atoms with van der Waals surface area (Å²) in [5.74, 6) is 2.53. The lowest BCUT2D eigenvalue weighted by Gasteiger charge is -2.05. The van der Waals surface area contributed by atoms with Crippen molar-refractivity contribution >= 4 is 39.0 Å². The molecule has 3 heterocycles. The summed E-state index contributed by atoms with van der Waals surface area (Å²) in [4.78, 5) is 10.7. The van der Waals surface area contributed by atoms with Crippen molar-refractivity contribution in [1.82, 2.24) is 9.97 Å². The van der Waals surface area contributed by atoms with Gasteiger partial charge in [-0.2, -0.15) is 0 Å². The molecule has 1 N–H and O–H groups in total. The maximum Gasteiger partial charge on any atom is 0.225 e. The second kappa shape index (κ2) is 5.42. The summed E-state index contributed by atoms with van der Waals surface area (Å²) in [6.07, 6.45) is 0.982. The van der Waals surface area contributed by atoms with Crippen LogP contribution in [0.15, 0.2) is 22.6 Å². The van der Waals surface area contributed by atoms with Crippen molar-refractivity contribution in [2.45, 2.75) is 26.8 Å². The fraction of sp³-hybridized carbons (Fsp3) is 0.286. The predicted molar refractivity (Wildman–Crippen MR) is 82.6 cm³/mol. The Kier molecular flexibility index (Phi) is 3.63. The van der Waals surface area contributed by atoms with Gasteiger partial charge in [0, 0.05) is 4.88 Å². The van der Waals surface area contributed by atoms with Gasteiger partial charge < -0.3 is 9.73 Å². The smallest absolute Gasteiger partial charge is 0.225 e. The molecule has 0 aliphatic rings. The zero-order chi connectivity index (χ0) is 14.1. The summed E-state index contributed by atoms with van der Waals surface area (Å²) in [6, 6.07) is 6.01. The first-order chi connectivity index (χ1) is 9.65. The van der Waals surface area contributed by atoms with Crippen LogP contribution in [-0.2, 0) is 13.0 Å². The second-order valence-electron chi connectivity index (χ2n) is 4.49. The summed E-state index contributed by atoms with van der Waals surface area (Å²) >= 11 is 7.64. The third-order valence-electron chi connectivity index (χ3n) is 2.99. The van der Waals surface area contributed by atoms with Crippen LogP contribution in [0.5, 0.6) is 0 Å². The maximum atomic E-state index is 5.98. The lowest BCUT2D eigenvalue weighted by molar-refractivity contribution is 0.490. The molecule has 0 fully saturated rings. The summed E-state index contributed by atoms with van der Waals surface area (Å²) in [6.45, 7) is 4.63. The number of hydrogen-bond donors (Lipinski definition) is 1. The van der Waals surface area contributed by atoms with Gasteiger partial charge in [-0.15, -0.1) is 11.3 Å². The minimum absolute atomic E-state index is 0.264. The molecule has 0 radical (unpaired) electrons. The van der Waals surface area contributed by atoms with Crippen molar-refractivity contribution in [1.29, 1.82) is 0 Å². The number of fused-ring (bicyclic) bond motifs is 1. The van der Waals surface area contributed by atoms with E-state index in [0.29, 0.717) is 6.54 Å². The van der Waals surface area contributed by atoms with Crippen LogP contribution in [-0.4, -0.2) is 9.97 Å². The van der Waals surface area contributed by atoms with Crippen LogP contribution < -0.4 is 5.32 Å². The van der Waals surface area contributed by atoms with E-state index in [0.717, 1.165) is 34.0 Å². The van der Waals surface area contributed by atoms with Crippen LogP contribution in [0.1, 0.15) is 23.3 Å². The average Bonchev–Trinajstić information content (AvgIpc) is 3.01. The number of nitrogens with one attached hydrogen (secondary N) is 1. The molecule has 0 bridgehead atoms. The molecular weight excluding hydrogens is 294 g/mol. The zero-order valence-corrected chi connectivity index (χ0v) is 12.8. The lowest BCUT2D eigenvalue weighted by atomic mass is 10.3. The third-order valence-corrected chi connectivity index (χ3v) is 4.33. The Morgan fingerprint density at radius 3 is 2.90 bits per heavy atom. The van der Waals surface area contributed by atoms with Crippen molar-refractivity contribution in [2.75, 3.05) is 5.32 Å². The highest BCUT2D eigenvalue weighted by Crippen LogP contribution is 2.30. The molecule has 0 spiro atoms. The molecule has 0 aliphatic carbocycles. The molecule has 0 amide bonds. The van der Waals surface area contributed by atoms with Gasteiger partial charge in [0.15, 0.2) is 0 Å². The number of nitrogens with zero attached hydrogens (tertiary/aromatic N) is 2. The van der Waals surface area contributed by atoms with Crippen LogP contribution in [0.4, 0.5) is 5.82 Å². The SMILES string of the molecule is CCc1cc2c(NCc3ccc(C)o3)nc(Cl)nc2s1. The number of aryl methyl sites for hydroxylation is 2. The summed E-state index contributed by atoms with van der Waals surface area (Å²) < 4.78 is 5.54. The van der Waals surface area contributed by atoms with E-state index in [-0.39, 0.29) is 5.28 Å². The summed E-state index contributed by atoms with van der Waals surface area (Å²) in [5.41, 5.74) is 0. The monoisotopic (exact) mass is 307 g/mol. The van der Waals surface area contributed by atoms with Crippen LogP contribution in [0, 0.1) is 6.92 Å². The normalized spacial score (nSPS) is 11.2. The Hall–Kier alpha value is -1.59. The molecular formula is C14H14ClN3OS. The van der Waals surface area contributed by atoms with Gasteiger partial charge in [0.2, 0.25) is 5.28 Å². The topological polar surface area (TPSA) is 51.0 Å². The third kappa shape index (κ3) is 2.64. The maximum absolute atomic E-state index is 5.98. The van der Waals surface area contributed by atoms with E-state index in [1.807, 2.05) is 19.1 Å². The van der Waals surface area contributed by atoms with Gasteiger partial charge in [0.25, 0.3) is 0 Å². The van der Waals surface area contributed by atoms with E-state index >= 15 is 0 Å². The van der Waals surface area contributed by atoms with Crippen LogP contribution >= 0.6 is 22.9 Å². The van der Waals surface area contributed by atoms with Crippen molar-refractivity contribution in [2.24, 2.45) is 0 Å². The first kappa shape index (κ1) is 13.4. The fourth-order valence-electron chi connectivity index (χ4n) is 2.01. The van der Waals surface area contributed by atoms with E-state index in [1.54, 1.807) is 11.3 Å². The molecule has 0 saturated heterocycles.